The van der Waals surface area contributed by atoms with E-state index in [1.807, 2.05) is 24.5 Å². The number of pyridine rings is 1. The molecule has 2 heteroatoms. The Hall–Kier alpha value is -0.890. The normalized spacial score (nSPS) is 13.8. The molecule has 0 aliphatic carbocycles. The molecule has 1 unspecified atom stereocenters. The standard InChI is InChI=1S/C11H18NO/c1-3-4-7-12-8-5-6-11(9-12)10-13-2/h5-6,8-9H,3-4,7,10H2,1-2H3/q+1/i10D. The maximum atomic E-state index is 7.60. The van der Waals surface area contributed by atoms with E-state index in [0.717, 1.165) is 12.1 Å². The van der Waals surface area contributed by atoms with Crippen LogP contribution in [-0.2, 0) is 17.9 Å². The van der Waals surface area contributed by atoms with E-state index in [9.17, 15) is 0 Å². The Morgan fingerprint density at radius 1 is 1.62 bits per heavy atom. The largest absolute Gasteiger partial charge is 0.380 e. The fraction of sp³-hybridized carbons (Fsp3) is 0.545. The smallest absolute Gasteiger partial charge is 0.174 e. The number of hydrogen-bond acceptors (Lipinski definition) is 1. The maximum absolute atomic E-state index is 7.60. The van der Waals surface area contributed by atoms with E-state index in [2.05, 4.69) is 11.5 Å². The third kappa shape index (κ3) is 3.55. The van der Waals surface area contributed by atoms with Gasteiger partial charge in [0.05, 0.1) is 7.95 Å². The van der Waals surface area contributed by atoms with Crippen LogP contribution in [-0.4, -0.2) is 7.11 Å². The molecule has 1 aromatic rings. The summed E-state index contributed by atoms with van der Waals surface area (Å²) in [6, 6.07) is 3.88. The molecule has 72 valence electrons. The highest BCUT2D eigenvalue weighted by atomic mass is 16.5. The fourth-order valence-electron chi connectivity index (χ4n) is 1.23. The zero-order valence-corrected chi connectivity index (χ0v) is 8.36. The van der Waals surface area contributed by atoms with Gasteiger partial charge < -0.3 is 4.74 Å². The van der Waals surface area contributed by atoms with Crippen molar-refractivity contribution < 1.29 is 10.7 Å². The Morgan fingerprint density at radius 3 is 3.15 bits per heavy atom. The SMILES string of the molecule is [2H]C(OC)c1ccc[n+](CCCC)c1. The Kier molecular flexibility index (Phi) is 3.82. The highest BCUT2D eigenvalue weighted by Crippen LogP contribution is 1.96. The van der Waals surface area contributed by atoms with Crippen molar-refractivity contribution in [1.82, 2.24) is 0 Å². The van der Waals surface area contributed by atoms with E-state index in [1.54, 1.807) is 7.11 Å². The van der Waals surface area contributed by atoms with Crippen LogP contribution in [0.1, 0.15) is 26.7 Å². The van der Waals surface area contributed by atoms with Crippen LogP contribution in [0.15, 0.2) is 24.5 Å². The van der Waals surface area contributed by atoms with Crippen molar-refractivity contribution in [3.8, 4) is 0 Å². The number of rotatable bonds is 5. The summed E-state index contributed by atoms with van der Waals surface area (Å²) in [5.41, 5.74) is 0.908. The first-order valence-electron chi connectivity index (χ1n) is 5.29. The number of ether oxygens (including phenoxy) is 1. The van der Waals surface area contributed by atoms with E-state index in [4.69, 9.17) is 6.11 Å². The molecular weight excluding hydrogens is 162 g/mol. The summed E-state index contributed by atoms with van der Waals surface area (Å²) in [5, 5.41) is 0. The van der Waals surface area contributed by atoms with E-state index >= 15 is 0 Å². The summed E-state index contributed by atoms with van der Waals surface area (Å²) in [5.74, 6) is 0. The summed E-state index contributed by atoms with van der Waals surface area (Å²) >= 11 is 0. The first-order valence-corrected chi connectivity index (χ1v) is 4.72. The van der Waals surface area contributed by atoms with Crippen molar-refractivity contribution in [3.63, 3.8) is 0 Å². The molecule has 1 atom stereocenters. The zero-order valence-electron chi connectivity index (χ0n) is 9.36. The summed E-state index contributed by atoms with van der Waals surface area (Å²) < 4.78 is 14.7. The minimum absolute atomic E-state index is 0.566. The Morgan fingerprint density at radius 2 is 2.46 bits per heavy atom. The molecule has 2 nitrogen and oxygen atoms in total. The zero-order chi connectivity index (χ0) is 10.4. The summed E-state index contributed by atoms with van der Waals surface area (Å²) in [6.45, 7) is 2.62. The van der Waals surface area contributed by atoms with Crippen LogP contribution in [0.2, 0.25) is 0 Å². The van der Waals surface area contributed by atoms with Gasteiger partial charge in [0.15, 0.2) is 12.4 Å². The van der Waals surface area contributed by atoms with Crippen LogP contribution in [0.3, 0.4) is 0 Å². The number of nitrogens with zero attached hydrogens (tertiary/aromatic N) is 1. The van der Waals surface area contributed by atoms with Crippen LogP contribution in [0.4, 0.5) is 0 Å². The molecule has 1 heterocycles. The minimum Gasteiger partial charge on any atom is -0.380 e. The molecule has 0 amide bonds. The Bertz CT molecular complexity index is 278. The van der Waals surface area contributed by atoms with Gasteiger partial charge in [-0.05, 0) is 6.07 Å². The van der Waals surface area contributed by atoms with Gasteiger partial charge in [-0.25, -0.2) is 4.57 Å². The monoisotopic (exact) mass is 181 g/mol. The van der Waals surface area contributed by atoms with Crippen LogP contribution < -0.4 is 4.57 Å². The quantitative estimate of drug-likeness (QED) is 0.632. The average Bonchev–Trinajstić information content (AvgIpc) is 2.25. The van der Waals surface area contributed by atoms with Crippen molar-refractivity contribution >= 4 is 0 Å². The first kappa shape index (κ1) is 8.70. The first-order chi connectivity index (χ1) is 6.77. The predicted molar refractivity (Wildman–Crippen MR) is 52.3 cm³/mol. The van der Waals surface area contributed by atoms with Gasteiger partial charge in [-0.2, -0.15) is 0 Å². The molecule has 13 heavy (non-hydrogen) atoms. The molecule has 0 bridgehead atoms. The lowest BCUT2D eigenvalue weighted by atomic mass is 10.3. The third-order valence-electron chi connectivity index (χ3n) is 1.90. The fourth-order valence-corrected chi connectivity index (χ4v) is 1.23. The number of methoxy groups -OCH3 is 1. The Labute approximate surface area is 81.6 Å². The molecule has 0 saturated heterocycles. The second-order valence-electron chi connectivity index (χ2n) is 3.08. The highest BCUT2D eigenvalue weighted by molar-refractivity contribution is 5.03. The number of hydrogen-bond donors (Lipinski definition) is 0. The molecule has 1 aromatic heterocycles. The molecule has 0 spiro atoms. The average molecular weight is 181 g/mol. The van der Waals surface area contributed by atoms with Crippen molar-refractivity contribution in [2.75, 3.05) is 7.11 Å². The van der Waals surface area contributed by atoms with Crippen LogP contribution >= 0.6 is 0 Å². The molecule has 1 rings (SSSR count). The molecule has 0 aromatic carbocycles. The number of unbranched alkanes of at least 4 members (excludes halogenated alkanes) is 1. The van der Waals surface area contributed by atoms with E-state index in [1.165, 1.54) is 12.8 Å². The molecule has 0 radical (unpaired) electrons. The van der Waals surface area contributed by atoms with Crippen molar-refractivity contribution in [3.05, 3.63) is 30.1 Å². The van der Waals surface area contributed by atoms with Gasteiger partial charge in [-0.15, -0.1) is 0 Å². The summed E-state index contributed by atoms with van der Waals surface area (Å²) in [6.07, 6.45) is 6.37. The van der Waals surface area contributed by atoms with E-state index in [-0.39, 0.29) is 0 Å². The lowest BCUT2D eigenvalue weighted by molar-refractivity contribution is -0.697. The van der Waals surface area contributed by atoms with Crippen LogP contribution in [0.5, 0.6) is 0 Å². The molecule has 0 N–H and O–H groups in total. The second kappa shape index (κ2) is 5.70. The van der Waals surface area contributed by atoms with Gasteiger partial charge in [0.25, 0.3) is 0 Å². The van der Waals surface area contributed by atoms with Crippen molar-refractivity contribution in [1.29, 1.82) is 0 Å². The summed E-state index contributed by atoms with van der Waals surface area (Å²) in [7, 11) is 1.56. The summed E-state index contributed by atoms with van der Waals surface area (Å²) in [4.78, 5) is 0. The molecular formula is C11H18NO+. The topological polar surface area (TPSA) is 13.1 Å². The van der Waals surface area contributed by atoms with Gasteiger partial charge in [-0.1, -0.05) is 13.3 Å². The van der Waals surface area contributed by atoms with E-state index in [0.29, 0.717) is 0 Å². The molecule has 0 aliphatic rings. The van der Waals surface area contributed by atoms with Crippen LogP contribution in [0, 0.1) is 0 Å². The van der Waals surface area contributed by atoms with Crippen molar-refractivity contribution in [2.45, 2.75) is 32.9 Å². The van der Waals surface area contributed by atoms with Gasteiger partial charge in [0, 0.05) is 25.2 Å². The lowest BCUT2D eigenvalue weighted by Gasteiger charge is -1.98. The van der Waals surface area contributed by atoms with Crippen LogP contribution in [0.25, 0.3) is 0 Å². The minimum atomic E-state index is -0.566. The number of aryl methyl sites for hydroxylation is 1. The van der Waals surface area contributed by atoms with Crippen molar-refractivity contribution in [2.24, 2.45) is 0 Å². The van der Waals surface area contributed by atoms with Gasteiger partial charge in [0.1, 0.15) is 6.54 Å². The lowest BCUT2D eigenvalue weighted by Crippen LogP contribution is -2.33. The molecule has 0 aliphatic heterocycles. The molecule has 0 fully saturated rings. The van der Waals surface area contributed by atoms with Gasteiger partial charge in [0.2, 0.25) is 0 Å². The third-order valence-corrected chi connectivity index (χ3v) is 1.90. The van der Waals surface area contributed by atoms with E-state index < -0.39 is 6.58 Å². The maximum Gasteiger partial charge on any atom is 0.174 e. The van der Waals surface area contributed by atoms with Gasteiger partial charge in [-0.3, -0.25) is 0 Å². The highest BCUT2D eigenvalue weighted by Gasteiger charge is 2.00. The predicted octanol–water partition coefficient (Wildman–Crippen LogP) is 1.92. The second-order valence-corrected chi connectivity index (χ2v) is 3.08. The molecule has 0 saturated carbocycles. The Balaban J connectivity index is 2.68. The van der Waals surface area contributed by atoms with Gasteiger partial charge >= 0.3 is 0 Å². The number of aromatic nitrogens is 1.